The molecule has 1 aliphatic heterocycles. The van der Waals surface area contributed by atoms with Gasteiger partial charge >= 0.3 is 0 Å². The first-order valence-corrected chi connectivity index (χ1v) is 11.2. The highest BCUT2D eigenvalue weighted by Gasteiger charge is 2.33. The molecule has 3 aromatic carbocycles. The van der Waals surface area contributed by atoms with Crippen LogP contribution in [-0.2, 0) is 18.4 Å². The Morgan fingerprint density at radius 1 is 1.00 bits per heavy atom. The third-order valence-corrected chi connectivity index (χ3v) is 5.79. The second-order valence-corrected chi connectivity index (χ2v) is 8.36. The number of hydrogen-bond acceptors (Lipinski definition) is 6. The molecule has 0 unspecified atom stereocenters. The van der Waals surface area contributed by atoms with Crippen molar-refractivity contribution in [2.75, 3.05) is 4.90 Å². The van der Waals surface area contributed by atoms with Crippen molar-refractivity contribution in [2.24, 2.45) is 7.05 Å². The number of benzene rings is 3. The maximum absolute atomic E-state index is 12.8. The van der Waals surface area contributed by atoms with Gasteiger partial charge in [-0.05, 0) is 77.9 Å². The average Bonchev–Trinajstić information content (AvgIpc) is 3.45. The summed E-state index contributed by atoms with van der Waals surface area (Å²) in [6.45, 7) is 0.222. The van der Waals surface area contributed by atoms with E-state index in [1.54, 1.807) is 19.2 Å². The van der Waals surface area contributed by atoms with E-state index in [4.69, 9.17) is 21.1 Å². The van der Waals surface area contributed by atoms with Crippen molar-refractivity contribution >= 4 is 23.2 Å². The van der Waals surface area contributed by atoms with Gasteiger partial charge in [0.05, 0.1) is 13.1 Å². The number of rotatable bonds is 7. The fourth-order valence-electron chi connectivity index (χ4n) is 3.98. The van der Waals surface area contributed by atoms with Crippen molar-refractivity contribution in [1.29, 1.82) is 0 Å². The van der Waals surface area contributed by atoms with E-state index in [9.17, 15) is 4.79 Å². The van der Waals surface area contributed by atoms with Gasteiger partial charge in [-0.1, -0.05) is 23.7 Å². The molecule has 1 saturated heterocycles. The molecular weight excluding hydrogens is 454 g/mol. The van der Waals surface area contributed by atoms with Gasteiger partial charge in [0.2, 0.25) is 11.7 Å². The summed E-state index contributed by atoms with van der Waals surface area (Å²) >= 11 is 5.93. The fourth-order valence-corrected chi connectivity index (χ4v) is 4.10. The van der Waals surface area contributed by atoms with Crippen LogP contribution in [0.3, 0.4) is 0 Å². The molecule has 172 valence electrons. The number of carbonyl (C=O) groups is 1. The molecule has 1 aromatic heterocycles. The maximum atomic E-state index is 12.8. The predicted molar refractivity (Wildman–Crippen MR) is 127 cm³/mol. The third-order valence-electron chi connectivity index (χ3n) is 5.54. The molecule has 0 aliphatic carbocycles. The molecule has 2 heterocycles. The van der Waals surface area contributed by atoms with Crippen molar-refractivity contribution in [2.45, 2.75) is 25.5 Å². The van der Waals surface area contributed by atoms with Crippen LogP contribution in [0.5, 0.6) is 17.2 Å². The van der Waals surface area contributed by atoms with Crippen molar-refractivity contribution in [3.8, 4) is 17.2 Å². The van der Waals surface area contributed by atoms with Crippen molar-refractivity contribution in [1.82, 2.24) is 20.2 Å². The second-order valence-electron chi connectivity index (χ2n) is 7.92. The van der Waals surface area contributed by atoms with Gasteiger partial charge in [0.15, 0.2) is 6.61 Å². The normalized spacial score (nSPS) is 15.5. The Morgan fingerprint density at radius 3 is 2.44 bits per heavy atom. The first kappa shape index (κ1) is 21.9. The number of anilines is 1. The number of nitrogens with zero attached hydrogens (tertiary/aromatic N) is 5. The summed E-state index contributed by atoms with van der Waals surface area (Å²) in [6.07, 6.45) is 1.22. The van der Waals surface area contributed by atoms with Gasteiger partial charge in [-0.15, -0.1) is 10.2 Å². The molecule has 9 heteroatoms. The minimum Gasteiger partial charge on any atom is -0.485 e. The van der Waals surface area contributed by atoms with Gasteiger partial charge in [-0.25, -0.2) is 0 Å². The molecule has 0 spiro atoms. The summed E-state index contributed by atoms with van der Waals surface area (Å²) in [6, 6.07) is 22.4. The largest absolute Gasteiger partial charge is 0.485 e. The Labute approximate surface area is 201 Å². The molecule has 1 atom stereocenters. The molecule has 5 rings (SSSR count). The van der Waals surface area contributed by atoms with Crippen LogP contribution >= 0.6 is 11.6 Å². The SMILES string of the molecule is Cn1nnc(COc2cccc([C@H]3CCC(=O)N3c3ccc(Oc4ccc(Cl)cc4)cc3)c2)n1. The predicted octanol–water partition coefficient (Wildman–Crippen LogP) is 5.10. The minimum atomic E-state index is -0.0753. The highest BCUT2D eigenvalue weighted by Crippen LogP contribution is 2.38. The van der Waals surface area contributed by atoms with Gasteiger partial charge in [-0.2, -0.15) is 4.80 Å². The van der Waals surface area contributed by atoms with E-state index in [2.05, 4.69) is 15.4 Å². The Bertz CT molecular complexity index is 1290. The van der Waals surface area contributed by atoms with Crippen molar-refractivity contribution < 1.29 is 14.3 Å². The lowest BCUT2D eigenvalue weighted by Crippen LogP contribution is -2.27. The summed E-state index contributed by atoms with van der Waals surface area (Å²) in [5.41, 5.74) is 1.84. The molecule has 1 amide bonds. The van der Waals surface area contributed by atoms with Crippen LogP contribution in [0.2, 0.25) is 5.02 Å². The van der Waals surface area contributed by atoms with Crippen LogP contribution in [0.4, 0.5) is 5.69 Å². The molecular formula is C25H22ClN5O3. The standard InChI is InChI=1S/C25H22ClN5O3/c1-30-28-24(27-29-30)16-33-22-4-2-3-17(15-22)23-13-14-25(32)31(23)19-7-11-21(12-8-19)34-20-9-5-18(26)6-10-20/h2-12,15,23H,13-14,16H2,1H3/t23-/m1/s1. The zero-order valence-electron chi connectivity index (χ0n) is 18.5. The highest BCUT2D eigenvalue weighted by molar-refractivity contribution is 6.30. The number of ether oxygens (including phenoxy) is 2. The number of amides is 1. The summed E-state index contributed by atoms with van der Waals surface area (Å²) < 4.78 is 11.7. The molecule has 4 aromatic rings. The Balaban J connectivity index is 1.31. The van der Waals surface area contributed by atoms with Gasteiger partial charge in [-0.3, -0.25) is 4.79 Å². The maximum Gasteiger partial charge on any atom is 0.227 e. The van der Waals surface area contributed by atoms with Crippen molar-refractivity contribution in [3.05, 3.63) is 89.2 Å². The number of aryl methyl sites for hydroxylation is 1. The zero-order valence-corrected chi connectivity index (χ0v) is 19.2. The average molecular weight is 476 g/mol. The Kier molecular flexibility index (Phi) is 6.14. The van der Waals surface area contributed by atoms with Crippen LogP contribution in [0.25, 0.3) is 0 Å². The van der Waals surface area contributed by atoms with Crippen LogP contribution in [0.15, 0.2) is 72.8 Å². The molecule has 0 radical (unpaired) electrons. The highest BCUT2D eigenvalue weighted by atomic mass is 35.5. The number of aromatic nitrogens is 4. The minimum absolute atomic E-state index is 0.0753. The van der Waals surface area contributed by atoms with Gasteiger partial charge in [0.25, 0.3) is 0 Å². The lowest BCUT2D eigenvalue weighted by atomic mass is 10.0. The fraction of sp³-hybridized carbons (Fsp3) is 0.200. The smallest absolute Gasteiger partial charge is 0.227 e. The lowest BCUT2D eigenvalue weighted by molar-refractivity contribution is -0.117. The van der Waals surface area contributed by atoms with E-state index in [-0.39, 0.29) is 18.6 Å². The number of carbonyl (C=O) groups excluding carboxylic acids is 1. The second kappa shape index (κ2) is 9.52. The van der Waals surface area contributed by atoms with E-state index in [0.29, 0.717) is 34.5 Å². The Hall–Kier alpha value is -3.91. The molecule has 0 saturated carbocycles. The molecule has 8 nitrogen and oxygen atoms in total. The van der Waals surface area contributed by atoms with Crippen molar-refractivity contribution in [3.63, 3.8) is 0 Å². The van der Waals surface area contributed by atoms with Crippen LogP contribution in [0, 0.1) is 0 Å². The summed E-state index contributed by atoms with van der Waals surface area (Å²) in [4.78, 5) is 16.0. The first-order chi connectivity index (χ1) is 16.5. The van der Waals surface area contributed by atoms with Gasteiger partial charge in [0.1, 0.15) is 17.2 Å². The molecule has 34 heavy (non-hydrogen) atoms. The first-order valence-electron chi connectivity index (χ1n) is 10.9. The summed E-state index contributed by atoms with van der Waals surface area (Å²) in [5, 5.41) is 12.5. The van der Waals surface area contributed by atoms with Gasteiger partial charge < -0.3 is 14.4 Å². The number of hydrogen-bond donors (Lipinski definition) is 0. The van der Waals surface area contributed by atoms with Gasteiger partial charge in [0, 0.05) is 17.1 Å². The van der Waals surface area contributed by atoms with E-state index in [1.165, 1.54) is 4.80 Å². The quantitative estimate of drug-likeness (QED) is 0.369. The van der Waals surface area contributed by atoms with E-state index in [0.717, 1.165) is 17.7 Å². The number of tetrazole rings is 1. The Morgan fingerprint density at radius 2 is 1.74 bits per heavy atom. The van der Waals surface area contributed by atoms with Crippen LogP contribution in [0.1, 0.15) is 30.3 Å². The summed E-state index contributed by atoms with van der Waals surface area (Å²) in [7, 11) is 1.71. The lowest BCUT2D eigenvalue weighted by Gasteiger charge is -2.26. The van der Waals surface area contributed by atoms with E-state index < -0.39 is 0 Å². The van der Waals surface area contributed by atoms with Crippen LogP contribution in [-0.4, -0.2) is 26.1 Å². The van der Waals surface area contributed by atoms with E-state index >= 15 is 0 Å². The zero-order chi connectivity index (χ0) is 23.5. The van der Waals surface area contributed by atoms with E-state index in [1.807, 2.05) is 65.6 Å². The van der Waals surface area contributed by atoms with Crippen LogP contribution < -0.4 is 14.4 Å². The summed E-state index contributed by atoms with van der Waals surface area (Å²) in [5.74, 6) is 2.66. The topological polar surface area (TPSA) is 82.4 Å². The molecule has 0 N–H and O–H groups in total. The third kappa shape index (κ3) is 4.87. The monoisotopic (exact) mass is 475 g/mol. The molecule has 0 bridgehead atoms. The number of halogens is 1. The molecule has 1 fully saturated rings. The molecule has 1 aliphatic rings.